The third kappa shape index (κ3) is 2.97. The molecule has 90 valence electrons. The molecule has 0 N–H and O–H groups in total. The van der Waals surface area contributed by atoms with Gasteiger partial charge in [0.05, 0.1) is 5.52 Å². The SMILES string of the molecule is CC(Br)CCN(C)c1ccnc2ccccc12. The van der Waals surface area contributed by atoms with Crippen LogP contribution in [-0.4, -0.2) is 23.4 Å². The fourth-order valence-electron chi connectivity index (χ4n) is 1.91. The molecule has 2 nitrogen and oxygen atoms in total. The Bertz CT molecular complexity index is 491. The van der Waals surface area contributed by atoms with Gasteiger partial charge >= 0.3 is 0 Å². The second-order valence-corrected chi connectivity index (χ2v) is 5.90. The summed E-state index contributed by atoms with van der Waals surface area (Å²) in [6.07, 6.45) is 3.01. The number of hydrogen-bond donors (Lipinski definition) is 0. The van der Waals surface area contributed by atoms with E-state index in [-0.39, 0.29) is 0 Å². The number of benzene rings is 1. The van der Waals surface area contributed by atoms with Gasteiger partial charge in [-0.15, -0.1) is 0 Å². The Morgan fingerprint density at radius 3 is 2.82 bits per heavy atom. The molecule has 0 amide bonds. The maximum atomic E-state index is 4.38. The van der Waals surface area contributed by atoms with Crippen molar-refractivity contribution in [2.24, 2.45) is 0 Å². The highest BCUT2D eigenvalue weighted by molar-refractivity contribution is 9.09. The third-order valence-corrected chi connectivity index (χ3v) is 3.36. The average molecular weight is 293 g/mol. The second-order valence-electron chi connectivity index (χ2n) is 4.34. The van der Waals surface area contributed by atoms with Gasteiger partial charge in [-0.2, -0.15) is 0 Å². The molecule has 0 aliphatic carbocycles. The molecule has 1 atom stereocenters. The van der Waals surface area contributed by atoms with Crippen molar-refractivity contribution in [3.05, 3.63) is 36.5 Å². The first-order valence-corrected chi connectivity index (χ1v) is 6.79. The molecule has 0 bridgehead atoms. The highest BCUT2D eigenvalue weighted by Crippen LogP contribution is 2.24. The molecule has 0 aliphatic heterocycles. The zero-order valence-electron chi connectivity index (χ0n) is 10.2. The zero-order chi connectivity index (χ0) is 12.3. The standard InChI is InChI=1S/C14H17BrN2/c1-11(15)8-10-17(2)14-7-9-16-13-6-4-3-5-12(13)14/h3-7,9,11H,8,10H2,1-2H3. The van der Waals surface area contributed by atoms with Crippen LogP contribution in [0, 0.1) is 0 Å². The molecule has 1 aromatic carbocycles. The summed E-state index contributed by atoms with van der Waals surface area (Å²) < 4.78 is 0. The Hall–Kier alpha value is -1.09. The van der Waals surface area contributed by atoms with Crippen LogP contribution in [0.3, 0.4) is 0 Å². The van der Waals surface area contributed by atoms with Crippen LogP contribution in [0.15, 0.2) is 36.5 Å². The van der Waals surface area contributed by atoms with Gasteiger partial charge in [-0.3, -0.25) is 4.98 Å². The van der Waals surface area contributed by atoms with Crippen LogP contribution in [0.25, 0.3) is 10.9 Å². The number of anilines is 1. The smallest absolute Gasteiger partial charge is 0.0722 e. The molecule has 3 heteroatoms. The minimum atomic E-state index is 0.554. The molecule has 0 aliphatic rings. The summed E-state index contributed by atoms with van der Waals surface area (Å²) in [6, 6.07) is 10.4. The van der Waals surface area contributed by atoms with Crippen LogP contribution in [-0.2, 0) is 0 Å². The van der Waals surface area contributed by atoms with E-state index in [9.17, 15) is 0 Å². The van der Waals surface area contributed by atoms with Gasteiger partial charge in [-0.25, -0.2) is 0 Å². The van der Waals surface area contributed by atoms with E-state index in [1.165, 1.54) is 11.1 Å². The molecule has 1 unspecified atom stereocenters. The lowest BCUT2D eigenvalue weighted by Gasteiger charge is -2.21. The number of halogens is 1. The minimum absolute atomic E-state index is 0.554. The predicted molar refractivity (Wildman–Crippen MR) is 78.0 cm³/mol. The maximum Gasteiger partial charge on any atom is 0.0722 e. The Kier molecular flexibility index (Phi) is 4.00. The molecule has 0 spiro atoms. The van der Waals surface area contributed by atoms with Gasteiger partial charge in [0.2, 0.25) is 0 Å². The monoisotopic (exact) mass is 292 g/mol. The number of pyridine rings is 1. The van der Waals surface area contributed by atoms with Gasteiger partial charge in [0.15, 0.2) is 0 Å². The molecule has 17 heavy (non-hydrogen) atoms. The molecule has 0 radical (unpaired) electrons. The largest absolute Gasteiger partial charge is 0.374 e. The van der Waals surface area contributed by atoms with E-state index in [4.69, 9.17) is 0 Å². The quantitative estimate of drug-likeness (QED) is 0.796. The first kappa shape index (κ1) is 12.4. The summed E-state index contributed by atoms with van der Waals surface area (Å²) in [7, 11) is 2.14. The van der Waals surface area contributed by atoms with Crippen LogP contribution in [0.1, 0.15) is 13.3 Å². The van der Waals surface area contributed by atoms with E-state index in [1.54, 1.807) is 0 Å². The van der Waals surface area contributed by atoms with Gasteiger partial charge in [0.1, 0.15) is 0 Å². The van der Waals surface area contributed by atoms with Crippen molar-refractivity contribution in [2.45, 2.75) is 18.2 Å². The Balaban J connectivity index is 2.28. The Morgan fingerprint density at radius 1 is 1.29 bits per heavy atom. The number of aromatic nitrogens is 1. The molecule has 0 saturated carbocycles. The fourth-order valence-corrected chi connectivity index (χ4v) is 2.11. The molecular formula is C14H17BrN2. The van der Waals surface area contributed by atoms with Gasteiger partial charge in [-0.1, -0.05) is 41.1 Å². The summed E-state index contributed by atoms with van der Waals surface area (Å²) in [6.45, 7) is 3.22. The highest BCUT2D eigenvalue weighted by atomic mass is 79.9. The van der Waals surface area contributed by atoms with Crippen LogP contribution >= 0.6 is 15.9 Å². The molecule has 1 aromatic heterocycles. The zero-order valence-corrected chi connectivity index (χ0v) is 11.8. The van der Waals surface area contributed by atoms with Crippen molar-refractivity contribution in [3.63, 3.8) is 0 Å². The number of alkyl halides is 1. The van der Waals surface area contributed by atoms with Crippen molar-refractivity contribution >= 4 is 32.5 Å². The van der Waals surface area contributed by atoms with E-state index in [2.05, 4.69) is 64.1 Å². The van der Waals surface area contributed by atoms with Crippen molar-refractivity contribution in [1.82, 2.24) is 4.98 Å². The maximum absolute atomic E-state index is 4.38. The predicted octanol–water partition coefficient (Wildman–Crippen LogP) is 3.84. The fraction of sp³-hybridized carbons (Fsp3) is 0.357. The van der Waals surface area contributed by atoms with E-state index < -0.39 is 0 Å². The number of hydrogen-bond acceptors (Lipinski definition) is 2. The topological polar surface area (TPSA) is 16.1 Å². The van der Waals surface area contributed by atoms with E-state index in [0.717, 1.165) is 18.5 Å². The molecule has 0 fully saturated rings. The number of para-hydroxylation sites is 1. The normalized spacial score (nSPS) is 12.6. The first-order valence-electron chi connectivity index (χ1n) is 5.87. The van der Waals surface area contributed by atoms with E-state index in [0.29, 0.717) is 4.83 Å². The molecule has 1 heterocycles. The van der Waals surface area contributed by atoms with Crippen molar-refractivity contribution in [3.8, 4) is 0 Å². The highest BCUT2D eigenvalue weighted by Gasteiger charge is 2.07. The van der Waals surface area contributed by atoms with E-state index >= 15 is 0 Å². The number of rotatable bonds is 4. The minimum Gasteiger partial charge on any atom is -0.374 e. The Morgan fingerprint density at radius 2 is 2.06 bits per heavy atom. The summed E-state index contributed by atoms with van der Waals surface area (Å²) in [5.74, 6) is 0. The van der Waals surface area contributed by atoms with E-state index in [1.807, 2.05) is 12.3 Å². The summed E-state index contributed by atoms with van der Waals surface area (Å²) in [5, 5.41) is 1.22. The second kappa shape index (κ2) is 5.50. The number of nitrogens with zero attached hydrogens (tertiary/aromatic N) is 2. The van der Waals surface area contributed by atoms with Gasteiger partial charge < -0.3 is 4.90 Å². The lowest BCUT2D eigenvalue weighted by atomic mass is 10.1. The van der Waals surface area contributed by atoms with Gasteiger partial charge in [-0.05, 0) is 18.6 Å². The molecular weight excluding hydrogens is 276 g/mol. The Labute approximate surface area is 111 Å². The molecule has 2 rings (SSSR count). The first-order chi connectivity index (χ1) is 8.18. The van der Waals surface area contributed by atoms with Crippen molar-refractivity contribution < 1.29 is 0 Å². The summed E-state index contributed by atoms with van der Waals surface area (Å²) in [4.78, 5) is 7.23. The van der Waals surface area contributed by atoms with Gasteiger partial charge in [0, 0.05) is 35.7 Å². The van der Waals surface area contributed by atoms with Crippen LogP contribution in [0.4, 0.5) is 5.69 Å². The van der Waals surface area contributed by atoms with Gasteiger partial charge in [0.25, 0.3) is 0 Å². The third-order valence-electron chi connectivity index (χ3n) is 2.90. The van der Waals surface area contributed by atoms with Crippen LogP contribution in [0.5, 0.6) is 0 Å². The van der Waals surface area contributed by atoms with Crippen molar-refractivity contribution in [1.29, 1.82) is 0 Å². The van der Waals surface area contributed by atoms with Crippen molar-refractivity contribution in [2.75, 3.05) is 18.5 Å². The average Bonchev–Trinajstić information content (AvgIpc) is 2.35. The summed E-state index contributed by atoms with van der Waals surface area (Å²) >= 11 is 3.59. The van der Waals surface area contributed by atoms with Crippen LogP contribution in [0.2, 0.25) is 0 Å². The molecule has 0 saturated heterocycles. The lowest BCUT2D eigenvalue weighted by molar-refractivity contribution is 0.789. The van der Waals surface area contributed by atoms with Crippen LogP contribution < -0.4 is 4.90 Å². The summed E-state index contributed by atoms with van der Waals surface area (Å²) in [5.41, 5.74) is 2.31. The number of fused-ring (bicyclic) bond motifs is 1. The lowest BCUT2D eigenvalue weighted by Crippen LogP contribution is -2.20. The molecule has 2 aromatic rings.